The second-order valence-corrected chi connectivity index (χ2v) is 3.88. The van der Waals surface area contributed by atoms with Crippen LogP contribution >= 0.6 is 0 Å². The number of carbonyl (C=O) groups is 2. The van der Waals surface area contributed by atoms with Crippen molar-refractivity contribution in [1.82, 2.24) is 0 Å². The summed E-state index contributed by atoms with van der Waals surface area (Å²) in [6.45, 7) is 5.98. The van der Waals surface area contributed by atoms with Crippen LogP contribution in [0.5, 0.6) is 0 Å². The van der Waals surface area contributed by atoms with Crippen LogP contribution in [0.3, 0.4) is 0 Å². The molecule has 0 atom stereocenters. The number of nitrogens with one attached hydrogen (secondary N) is 1. The predicted octanol–water partition coefficient (Wildman–Crippen LogP) is 2.15. The molecule has 1 aromatic rings. The van der Waals surface area contributed by atoms with Gasteiger partial charge in [-0.1, -0.05) is 12.1 Å². The Balaban J connectivity index is 2.85. The molecule has 1 N–H and O–H groups in total. The normalized spacial score (nSPS) is 9.84. The van der Waals surface area contributed by atoms with Crippen molar-refractivity contribution in [2.24, 2.45) is 0 Å². The number of hydrogen-bond acceptors (Lipinski definition) is 5. The Kier molecular flexibility index (Phi) is 5.85. The average Bonchev–Trinajstić information content (AvgIpc) is 2.37. The lowest BCUT2D eigenvalue weighted by atomic mass is 10.1. The van der Waals surface area contributed by atoms with Gasteiger partial charge in [0.15, 0.2) is 0 Å². The molecule has 0 aromatic heterocycles. The van der Waals surface area contributed by atoms with Crippen molar-refractivity contribution >= 4 is 17.6 Å². The Morgan fingerprint density at radius 3 is 2.47 bits per heavy atom. The van der Waals surface area contributed by atoms with Crippen LogP contribution in [0, 0.1) is 6.92 Å². The van der Waals surface area contributed by atoms with Gasteiger partial charge in [0.05, 0.1) is 18.8 Å². The second kappa shape index (κ2) is 7.41. The number of benzene rings is 1. The lowest BCUT2D eigenvalue weighted by Gasteiger charge is -2.13. The fourth-order valence-corrected chi connectivity index (χ4v) is 1.67. The largest absolute Gasteiger partial charge is 0.465 e. The standard InChI is InChI=1S/C14H19NO4/c1-4-18-12(16)9-15-11-8-6-7-10(3)13(11)14(17)19-5-2/h6-8,15H,4-5,9H2,1-3H3. The molecule has 0 unspecified atom stereocenters. The molecule has 0 radical (unpaired) electrons. The third-order valence-electron chi connectivity index (χ3n) is 2.48. The summed E-state index contributed by atoms with van der Waals surface area (Å²) in [7, 11) is 0. The van der Waals surface area contributed by atoms with Crippen molar-refractivity contribution in [1.29, 1.82) is 0 Å². The first-order chi connectivity index (χ1) is 9.10. The highest BCUT2D eigenvalue weighted by atomic mass is 16.5. The number of ether oxygens (including phenoxy) is 2. The number of aryl methyl sites for hydroxylation is 1. The average molecular weight is 265 g/mol. The van der Waals surface area contributed by atoms with E-state index in [-0.39, 0.29) is 12.5 Å². The van der Waals surface area contributed by atoms with Gasteiger partial charge in [0.2, 0.25) is 0 Å². The maximum absolute atomic E-state index is 11.9. The molecule has 1 rings (SSSR count). The highest BCUT2D eigenvalue weighted by Gasteiger charge is 2.15. The monoisotopic (exact) mass is 265 g/mol. The van der Waals surface area contributed by atoms with Gasteiger partial charge >= 0.3 is 11.9 Å². The van der Waals surface area contributed by atoms with Gasteiger partial charge < -0.3 is 14.8 Å². The fourth-order valence-electron chi connectivity index (χ4n) is 1.67. The first kappa shape index (κ1) is 15.0. The van der Waals surface area contributed by atoms with Gasteiger partial charge in [-0.2, -0.15) is 0 Å². The van der Waals surface area contributed by atoms with E-state index in [4.69, 9.17) is 9.47 Å². The van der Waals surface area contributed by atoms with Gasteiger partial charge in [0.25, 0.3) is 0 Å². The Morgan fingerprint density at radius 1 is 1.16 bits per heavy atom. The molecule has 0 aliphatic heterocycles. The molecule has 104 valence electrons. The molecule has 0 aliphatic carbocycles. The Bertz CT molecular complexity index is 457. The van der Waals surface area contributed by atoms with Crippen LogP contribution in [0.25, 0.3) is 0 Å². The molecule has 0 saturated heterocycles. The molecule has 0 fully saturated rings. The lowest BCUT2D eigenvalue weighted by molar-refractivity contribution is -0.140. The summed E-state index contributed by atoms with van der Waals surface area (Å²) in [4.78, 5) is 23.2. The smallest absolute Gasteiger partial charge is 0.340 e. The van der Waals surface area contributed by atoms with Crippen molar-refractivity contribution in [3.8, 4) is 0 Å². The zero-order valence-electron chi connectivity index (χ0n) is 11.5. The zero-order chi connectivity index (χ0) is 14.3. The SMILES string of the molecule is CCOC(=O)CNc1cccc(C)c1C(=O)OCC. The van der Waals surface area contributed by atoms with Gasteiger partial charge in [-0.25, -0.2) is 4.79 Å². The van der Waals surface area contributed by atoms with Gasteiger partial charge in [0.1, 0.15) is 6.54 Å². The Hall–Kier alpha value is -2.04. The topological polar surface area (TPSA) is 64.6 Å². The molecule has 5 heteroatoms. The number of carbonyl (C=O) groups excluding carboxylic acids is 2. The predicted molar refractivity (Wildman–Crippen MR) is 72.3 cm³/mol. The molecule has 0 spiro atoms. The van der Waals surface area contributed by atoms with E-state index >= 15 is 0 Å². The molecule has 0 amide bonds. The van der Waals surface area contributed by atoms with Crippen LogP contribution < -0.4 is 5.32 Å². The van der Waals surface area contributed by atoms with Crippen LogP contribution in [0.2, 0.25) is 0 Å². The van der Waals surface area contributed by atoms with E-state index in [1.807, 2.05) is 19.1 Å². The molecule has 0 heterocycles. The van der Waals surface area contributed by atoms with E-state index in [1.165, 1.54) is 0 Å². The lowest BCUT2D eigenvalue weighted by Crippen LogP contribution is -2.19. The minimum atomic E-state index is -0.396. The van der Waals surface area contributed by atoms with Crippen LogP contribution in [0.1, 0.15) is 29.8 Å². The quantitative estimate of drug-likeness (QED) is 0.798. The van der Waals surface area contributed by atoms with E-state index < -0.39 is 5.97 Å². The molecule has 1 aromatic carbocycles. The summed E-state index contributed by atoms with van der Waals surface area (Å²) >= 11 is 0. The van der Waals surface area contributed by atoms with Gasteiger partial charge in [-0.05, 0) is 32.4 Å². The summed E-state index contributed by atoms with van der Waals surface area (Å²) in [5.41, 5.74) is 1.83. The summed E-state index contributed by atoms with van der Waals surface area (Å²) in [5.74, 6) is -0.759. The molecule has 0 aliphatic rings. The van der Waals surface area contributed by atoms with Crippen molar-refractivity contribution < 1.29 is 19.1 Å². The van der Waals surface area contributed by atoms with Crippen LogP contribution in [0.4, 0.5) is 5.69 Å². The van der Waals surface area contributed by atoms with Crippen LogP contribution in [-0.2, 0) is 14.3 Å². The minimum Gasteiger partial charge on any atom is -0.465 e. The molecule has 5 nitrogen and oxygen atoms in total. The fraction of sp³-hybridized carbons (Fsp3) is 0.429. The van der Waals surface area contributed by atoms with Crippen molar-refractivity contribution in [2.75, 3.05) is 25.1 Å². The van der Waals surface area contributed by atoms with Gasteiger partial charge in [-0.15, -0.1) is 0 Å². The summed E-state index contributed by atoms with van der Waals surface area (Å²) < 4.78 is 9.83. The van der Waals surface area contributed by atoms with Crippen molar-refractivity contribution in [2.45, 2.75) is 20.8 Å². The van der Waals surface area contributed by atoms with Crippen LogP contribution in [-0.4, -0.2) is 31.7 Å². The molecular formula is C14H19NO4. The van der Waals surface area contributed by atoms with E-state index in [9.17, 15) is 9.59 Å². The van der Waals surface area contributed by atoms with Crippen LogP contribution in [0.15, 0.2) is 18.2 Å². The summed E-state index contributed by atoms with van der Waals surface area (Å²) in [6.07, 6.45) is 0. The molecule has 0 bridgehead atoms. The molecule has 0 saturated carbocycles. The maximum atomic E-state index is 11.9. The first-order valence-corrected chi connectivity index (χ1v) is 6.26. The summed E-state index contributed by atoms with van der Waals surface area (Å²) in [5, 5.41) is 2.90. The molecular weight excluding hydrogens is 246 g/mol. The Labute approximate surface area is 112 Å². The maximum Gasteiger partial charge on any atom is 0.340 e. The van der Waals surface area contributed by atoms with Gasteiger partial charge in [0, 0.05) is 5.69 Å². The third-order valence-corrected chi connectivity index (χ3v) is 2.48. The highest BCUT2D eigenvalue weighted by molar-refractivity contribution is 5.97. The Morgan fingerprint density at radius 2 is 1.84 bits per heavy atom. The number of rotatable bonds is 6. The zero-order valence-corrected chi connectivity index (χ0v) is 11.5. The van der Waals surface area contributed by atoms with Gasteiger partial charge in [-0.3, -0.25) is 4.79 Å². The first-order valence-electron chi connectivity index (χ1n) is 6.26. The third kappa shape index (κ3) is 4.28. The molecule has 19 heavy (non-hydrogen) atoms. The van der Waals surface area contributed by atoms with E-state index in [2.05, 4.69) is 5.32 Å². The van der Waals surface area contributed by atoms with E-state index in [1.54, 1.807) is 19.9 Å². The number of esters is 2. The number of anilines is 1. The number of hydrogen-bond donors (Lipinski definition) is 1. The van der Waals surface area contributed by atoms with Crippen molar-refractivity contribution in [3.05, 3.63) is 29.3 Å². The minimum absolute atomic E-state index is 0.0176. The summed E-state index contributed by atoms with van der Waals surface area (Å²) in [6, 6.07) is 5.37. The second-order valence-electron chi connectivity index (χ2n) is 3.88. The highest BCUT2D eigenvalue weighted by Crippen LogP contribution is 2.20. The van der Waals surface area contributed by atoms with E-state index in [0.29, 0.717) is 24.5 Å². The van der Waals surface area contributed by atoms with E-state index in [0.717, 1.165) is 5.56 Å². The van der Waals surface area contributed by atoms with Crippen molar-refractivity contribution in [3.63, 3.8) is 0 Å².